The van der Waals surface area contributed by atoms with Gasteiger partial charge in [-0.25, -0.2) is 8.78 Å². The van der Waals surface area contributed by atoms with Gasteiger partial charge in [0.1, 0.15) is 11.6 Å². The molecule has 1 aromatic carbocycles. The molecule has 1 aromatic rings. The predicted molar refractivity (Wildman–Crippen MR) is 69.7 cm³/mol. The van der Waals surface area contributed by atoms with Gasteiger partial charge in [0, 0.05) is 6.04 Å². The highest BCUT2D eigenvalue weighted by Crippen LogP contribution is 2.19. The highest BCUT2D eigenvalue weighted by molar-refractivity contribution is 5.25. The summed E-state index contributed by atoms with van der Waals surface area (Å²) in [6.45, 7) is 2.64. The maximum atomic E-state index is 13.5. The normalized spacial score (nSPS) is 15.1. The second-order valence-electron chi connectivity index (χ2n) is 5.23. The molecule has 0 heterocycles. The summed E-state index contributed by atoms with van der Waals surface area (Å²) < 4.78 is 26.8. The van der Waals surface area contributed by atoms with E-state index >= 15 is 0 Å². The number of halogens is 2. The zero-order valence-electron chi connectivity index (χ0n) is 10.9. The van der Waals surface area contributed by atoms with Gasteiger partial charge in [0.2, 0.25) is 0 Å². The van der Waals surface area contributed by atoms with Gasteiger partial charge in [-0.2, -0.15) is 0 Å². The van der Waals surface area contributed by atoms with Crippen LogP contribution in [0.1, 0.15) is 43.2 Å². The maximum absolute atomic E-state index is 13.5. The number of rotatable bonds is 7. The fraction of sp³-hybridized carbons (Fsp3) is 0.600. The van der Waals surface area contributed by atoms with Gasteiger partial charge in [0.15, 0.2) is 0 Å². The Kier molecular flexibility index (Phi) is 4.70. The molecule has 0 spiro atoms. The van der Waals surface area contributed by atoms with Gasteiger partial charge in [0.05, 0.1) is 0 Å². The number of hydrogen-bond acceptors (Lipinski definition) is 1. The third-order valence-electron chi connectivity index (χ3n) is 3.46. The van der Waals surface area contributed by atoms with Crippen LogP contribution in [0.3, 0.4) is 0 Å². The SMILES string of the molecule is Cc1cc(F)c(CCCCCNC2CC2)cc1F. The fourth-order valence-electron chi connectivity index (χ4n) is 2.09. The van der Waals surface area contributed by atoms with Crippen LogP contribution >= 0.6 is 0 Å². The number of benzene rings is 1. The number of aryl methyl sites for hydroxylation is 2. The zero-order chi connectivity index (χ0) is 13.0. The van der Waals surface area contributed by atoms with E-state index in [-0.39, 0.29) is 11.6 Å². The van der Waals surface area contributed by atoms with E-state index < -0.39 is 0 Å². The van der Waals surface area contributed by atoms with Crippen molar-refractivity contribution in [2.75, 3.05) is 6.54 Å². The minimum absolute atomic E-state index is 0.273. The van der Waals surface area contributed by atoms with E-state index in [1.807, 2.05) is 0 Å². The van der Waals surface area contributed by atoms with E-state index in [1.165, 1.54) is 25.0 Å². The third kappa shape index (κ3) is 4.05. The average molecular weight is 253 g/mol. The van der Waals surface area contributed by atoms with Crippen LogP contribution in [-0.4, -0.2) is 12.6 Å². The van der Waals surface area contributed by atoms with Crippen molar-refractivity contribution in [3.63, 3.8) is 0 Å². The molecule has 1 aliphatic carbocycles. The molecule has 0 aromatic heterocycles. The van der Waals surface area contributed by atoms with Gasteiger partial charge >= 0.3 is 0 Å². The lowest BCUT2D eigenvalue weighted by atomic mass is 10.0. The monoisotopic (exact) mass is 253 g/mol. The summed E-state index contributed by atoms with van der Waals surface area (Å²) >= 11 is 0. The molecule has 1 saturated carbocycles. The minimum atomic E-state index is -0.304. The Hall–Kier alpha value is -0.960. The molecule has 0 aliphatic heterocycles. The summed E-state index contributed by atoms with van der Waals surface area (Å²) in [5, 5.41) is 3.45. The first kappa shape index (κ1) is 13.5. The first-order valence-corrected chi connectivity index (χ1v) is 6.84. The smallest absolute Gasteiger partial charge is 0.126 e. The molecule has 2 rings (SSSR count). The summed E-state index contributed by atoms with van der Waals surface area (Å²) in [5.41, 5.74) is 0.887. The topological polar surface area (TPSA) is 12.0 Å². The Labute approximate surface area is 108 Å². The Balaban J connectivity index is 1.67. The molecule has 1 N–H and O–H groups in total. The number of unbranched alkanes of at least 4 members (excludes halogenated alkanes) is 2. The van der Waals surface area contributed by atoms with Crippen LogP contribution in [0.2, 0.25) is 0 Å². The summed E-state index contributed by atoms with van der Waals surface area (Å²) in [4.78, 5) is 0. The van der Waals surface area contributed by atoms with Gasteiger partial charge in [-0.1, -0.05) is 6.42 Å². The highest BCUT2D eigenvalue weighted by atomic mass is 19.1. The molecule has 3 heteroatoms. The molecular formula is C15H21F2N. The Morgan fingerprint density at radius 3 is 2.61 bits per heavy atom. The van der Waals surface area contributed by atoms with E-state index in [0.717, 1.165) is 31.8 Å². The molecule has 0 bridgehead atoms. The van der Waals surface area contributed by atoms with Crippen molar-refractivity contribution < 1.29 is 8.78 Å². The number of nitrogens with one attached hydrogen (secondary N) is 1. The fourth-order valence-corrected chi connectivity index (χ4v) is 2.09. The average Bonchev–Trinajstić information content (AvgIpc) is 3.13. The van der Waals surface area contributed by atoms with Crippen molar-refractivity contribution >= 4 is 0 Å². The van der Waals surface area contributed by atoms with Crippen LogP contribution in [0.5, 0.6) is 0 Å². The molecular weight excluding hydrogens is 232 g/mol. The van der Waals surface area contributed by atoms with Crippen molar-refractivity contribution in [1.29, 1.82) is 0 Å². The van der Waals surface area contributed by atoms with Crippen molar-refractivity contribution in [2.45, 2.75) is 51.5 Å². The molecule has 1 fully saturated rings. The first-order valence-electron chi connectivity index (χ1n) is 6.84. The number of hydrogen-bond donors (Lipinski definition) is 1. The molecule has 1 nitrogen and oxygen atoms in total. The largest absolute Gasteiger partial charge is 0.314 e. The van der Waals surface area contributed by atoms with Gasteiger partial charge in [-0.15, -0.1) is 0 Å². The van der Waals surface area contributed by atoms with Crippen molar-refractivity contribution in [1.82, 2.24) is 5.32 Å². The summed E-state index contributed by atoms with van der Waals surface area (Å²) in [5.74, 6) is -0.577. The van der Waals surface area contributed by atoms with Crippen LogP contribution in [0, 0.1) is 18.6 Å². The van der Waals surface area contributed by atoms with E-state index in [1.54, 1.807) is 6.92 Å². The Morgan fingerprint density at radius 1 is 1.11 bits per heavy atom. The van der Waals surface area contributed by atoms with Crippen molar-refractivity contribution in [3.05, 3.63) is 34.9 Å². The molecule has 18 heavy (non-hydrogen) atoms. The molecule has 0 radical (unpaired) electrons. The maximum Gasteiger partial charge on any atom is 0.126 e. The lowest BCUT2D eigenvalue weighted by Gasteiger charge is -2.06. The Morgan fingerprint density at radius 2 is 1.89 bits per heavy atom. The zero-order valence-corrected chi connectivity index (χ0v) is 10.9. The first-order chi connectivity index (χ1) is 8.66. The van der Waals surface area contributed by atoms with Crippen molar-refractivity contribution in [3.8, 4) is 0 Å². The van der Waals surface area contributed by atoms with E-state index in [2.05, 4.69) is 5.32 Å². The molecule has 100 valence electrons. The second-order valence-corrected chi connectivity index (χ2v) is 5.23. The van der Waals surface area contributed by atoms with Crippen LogP contribution in [0.25, 0.3) is 0 Å². The molecule has 0 saturated heterocycles. The standard InChI is InChI=1S/C15H21F2N/c1-11-9-15(17)12(10-14(11)16)5-3-2-4-8-18-13-6-7-13/h9-10,13,18H,2-8H2,1H3. The van der Waals surface area contributed by atoms with Gasteiger partial charge in [-0.05, 0) is 68.8 Å². The van der Waals surface area contributed by atoms with E-state index in [4.69, 9.17) is 0 Å². The lowest BCUT2D eigenvalue weighted by Crippen LogP contribution is -2.17. The molecule has 0 atom stereocenters. The minimum Gasteiger partial charge on any atom is -0.314 e. The van der Waals surface area contributed by atoms with Crippen molar-refractivity contribution in [2.24, 2.45) is 0 Å². The van der Waals surface area contributed by atoms with Crippen LogP contribution in [0.4, 0.5) is 8.78 Å². The lowest BCUT2D eigenvalue weighted by molar-refractivity contribution is 0.562. The molecule has 0 amide bonds. The van der Waals surface area contributed by atoms with Gasteiger partial charge in [0.25, 0.3) is 0 Å². The van der Waals surface area contributed by atoms with Crippen LogP contribution < -0.4 is 5.32 Å². The van der Waals surface area contributed by atoms with Gasteiger partial charge in [-0.3, -0.25) is 0 Å². The Bertz CT molecular complexity index is 400. The summed E-state index contributed by atoms with van der Waals surface area (Å²) in [7, 11) is 0. The van der Waals surface area contributed by atoms with Crippen LogP contribution in [0.15, 0.2) is 12.1 Å². The van der Waals surface area contributed by atoms with E-state index in [9.17, 15) is 8.78 Å². The van der Waals surface area contributed by atoms with Crippen LogP contribution in [-0.2, 0) is 6.42 Å². The second kappa shape index (κ2) is 6.28. The third-order valence-corrected chi connectivity index (χ3v) is 3.46. The highest BCUT2D eigenvalue weighted by Gasteiger charge is 2.19. The van der Waals surface area contributed by atoms with Gasteiger partial charge < -0.3 is 5.32 Å². The summed E-state index contributed by atoms with van der Waals surface area (Å²) in [6, 6.07) is 3.39. The van der Waals surface area contributed by atoms with E-state index in [0.29, 0.717) is 17.5 Å². The quantitative estimate of drug-likeness (QED) is 0.730. The predicted octanol–water partition coefficient (Wildman–Crippen LogP) is 3.74. The summed E-state index contributed by atoms with van der Waals surface area (Å²) in [6.07, 6.45) is 6.36. The molecule has 1 aliphatic rings. The molecule has 0 unspecified atom stereocenters.